The van der Waals surface area contributed by atoms with Gasteiger partial charge in [-0.2, -0.15) is 4.98 Å². The SMILES string of the molecule is CCCCc1noc(C(C)N2CCC(C3OCCO3)CC2)n1. The number of aryl methyl sites for hydroxylation is 1. The summed E-state index contributed by atoms with van der Waals surface area (Å²) in [6.07, 6.45) is 5.39. The molecule has 0 spiro atoms. The van der Waals surface area contributed by atoms with Crippen LogP contribution in [0, 0.1) is 5.92 Å². The van der Waals surface area contributed by atoms with E-state index in [2.05, 4.69) is 28.9 Å². The summed E-state index contributed by atoms with van der Waals surface area (Å²) in [7, 11) is 0. The molecule has 2 aliphatic rings. The number of aromatic nitrogens is 2. The average molecular weight is 309 g/mol. The van der Waals surface area contributed by atoms with E-state index in [9.17, 15) is 0 Å². The number of unbranched alkanes of at least 4 members (excludes halogenated alkanes) is 1. The van der Waals surface area contributed by atoms with Crippen molar-refractivity contribution in [2.75, 3.05) is 26.3 Å². The van der Waals surface area contributed by atoms with Gasteiger partial charge in [-0.3, -0.25) is 4.90 Å². The van der Waals surface area contributed by atoms with Crippen molar-refractivity contribution in [1.29, 1.82) is 0 Å². The molecule has 2 aliphatic heterocycles. The van der Waals surface area contributed by atoms with E-state index in [0.29, 0.717) is 5.92 Å². The van der Waals surface area contributed by atoms with Crippen LogP contribution in [0.25, 0.3) is 0 Å². The summed E-state index contributed by atoms with van der Waals surface area (Å²) in [5.74, 6) is 2.11. The fourth-order valence-corrected chi connectivity index (χ4v) is 3.26. The number of rotatable bonds is 6. The molecule has 1 aromatic rings. The van der Waals surface area contributed by atoms with Crippen LogP contribution in [0.4, 0.5) is 0 Å². The second-order valence-electron chi connectivity index (χ2n) is 6.31. The minimum Gasteiger partial charge on any atom is -0.350 e. The number of likely N-dealkylation sites (tertiary alicyclic amines) is 1. The molecule has 22 heavy (non-hydrogen) atoms. The fourth-order valence-electron chi connectivity index (χ4n) is 3.26. The molecule has 0 radical (unpaired) electrons. The Kier molecular flexibility index (Phi) is 5.44. The Hall–Kier alpha value is -0.980. The molecule has 6 nitrogen and oxygen atoms in total. The topological polar surface area (TPSA) is 60.6 Å². The van der Waals surface area contributed by atoms with Crippen LogP contribution in [0.15, 0.2) is 4.52 Å². The van der Waals surface area contributed by atoms with Crippen LogP contribution < -0.4 is 0 Å². The maximum absolute atomic E-state index is 5.63. The monoisotopic (exact) mass is 309 g/mol. The molecule has 1 atom stereocenters. The first-order valence-electron chi connectivity index (χ1n) is 8.57. The Labute approximate surface area is 132 Å². The van der Waals surface area contributed by atoms with E-state index in [4.69, 9.17) is 14.0 Å². The van der Waals surface area contributed by atoms with Gasteiger partial charge in [-0.25, -0.2) is 0 Å². The van der Waals surface area contributed by atoms with Gasteiger partial charge in [0.05, 0.1) is 19.3 Å². The quantitative estimate of drug-likeness (QED) is 0.805. The van der Waals surface area contributed by atoms with Crippen molar-refractivity contribution < 1.29 is 14.0 Å². The first-order chi connectivity index (χ1) is 10.8. The second kappa shape index (κ2) is 7.53. The highest BCUT2D eigenvalue weighted by molar-refractivity contribution is 4.93. The molecular weight excluding hydrogens is 282 g/mol. The van der Waals surface area contributed by atoms with Crippen molar-refractivity contribution in [2.24, 2.45) is 5.92 Å². The Morgan fingerprint density at radius 3 is 2.64 bits per heavy atom. The summed E-state index contributed by atoms with van der Waals surface area (Å²) >= 11 is 0. The van der Waals surface area contributed by atoms with Crippen molar-refractivity contribution in [1.82, 2.24) is 15.0 Å². The maximum Gasteiger partial charge on any atom is 0.243 e. The van der Waals surface area contributed by atoms with Crippen molar-refractivity contribution in [3.63, 3.8) is 0 Å². The van der Waals surface area contributed by atoms with E-state index in [-0.39, 0.29) is 12.3 Å². The third-order valence-electron chi connectivity index (χ3n) is 4.75. The van der Waals surface area contributed by atoms with Gasteiger partial charge in [0.1, 0.15) is 0 Å². The first-order valence-corrected chi connectivity index (χ1v) is 8.57. The second-order valence-corrected chi connectivity index (χ2v) is 6.31. The molecule has 124 valence electrons. The van der Waals surface area contributed by atoms with Gasteiger partial charge in [0.2, 0.25) is 5.89 Å². The molecule has 3 heterocycles. The number of hydrogen-bond donors (Lipinski definition) is 0. The third kappa shape index (κ3) is 3.67. The smallest absolute Gasteiger partial charge is 0.243 e. The van der Waals surface area contributed by atoms with Gasteiger partial charge in [-0.15, -0.1) is 0 Å². The molecule has 0 aromatic carbocycles. The van der Waals surface area contributed by atoms with E-state index in [0.717, 1.165) is 70.1 Å². The van der Waals surface area contributed by atoms with Crippen molar-refractivity contribution in [2.45, 2.75) is 58.3 Å². The minimum atomic E-state index is 0.0153. The normalized spacial score (nSPS) is 23.2. The summed E-state index contributed by atoms with van der Waals surface area (Å²) in [6, 6.07) is 0.189. The van der Waals surface area contributed by atoms with Crippen LogP contribution in [-0.2, 0) is 15.9 Å². The molecule has 0 amide bonds. The molecule has 6 heteroatoms. The van der Waals surface area contributed by atoms with Crippen LogP contribution in [0.2, 0.25) is 0 Å². The standard InChI is InChI=1S/C16H27N3O3/c1-3-4-5-14-17-15(22-18-14)12(2)19-8-6-13(7-9-19)16-20-10-11-21-16/h12-13,16H,3-11H2,1-2H3. The lowest BCUT2D eigenvalue weighted by molar-refractivity contribution is -0.0997. The predicted molar refractivity (Wildman–Crippen MR) is 81.3 cm³/mol. The molecule has 0 N–H and O–H groups in total. The van der Waals surface area contributed by atoms with Gasteiger partial charge in [0.25, 0.3) is 0 Å². The number of nitrogens with zero attached hydrogens (tertiary/aromatic N) is 3. The lowest BCUT2D eigenvalue weighted by atomic mass is 9.95. The van der Waals surface area contributed by atoms with Crippen molar-refractivity contribution in [3.05, 3.63) is 11.7 Å². The number of piperidine rings is 1. The summed E-state index contributed by atoms with van der Waals surface area (Å²) < 4.78 is 16.7. The van der Waals surface area contributed by atoms with Crippen LogP contribution >= 0.6 is 0 Å². The van der Waals surface area contributed by atoms with E-state index >= 15 is 0 Å². The predicted octanol–water partition coefficient (Wildman–Crippen LogP) is 2.56. The Bertz CT molecular complexity index is 451. The van der Waals surface area contributed by atoms with E-state index in [1.807, 2.05) is 0 Å². The largest absolute Gasteiger partial charge is 0.350 e. The highest BCUT2D eigenvalue weighted by Gasteiger charge is 2.33. The van der Waals surface area contributed by atoms with Gasteiger partial charge in [0.15, 0.2) is 12.1 Å². The summed E-state index contributed by atoms with van der Waals surface area (Å²) in [4.78, 5) is 6.97. The van der Waals surface area contributed by atoms with E-state index < -0.39 is 0 Å². The van der Waals surface area contributed by atoms with Crippen LogP contribution in [0.5, 0.6) is 0 Å². The average Bonchev–Trinajstić information content (AvgIpc) is 3.24. The highest BCUT2D eigenvalue weighted by atomic mass is 16.7. The fraction of sp³-hybridized carbons (Fsp3) is 0.875. The first kappa shape index (κ1) is 15.9. The lowest BCUT2D eigenvalue weighted by Gasteiger charge is -2.35. The Morgan fingerprint density at radius 1 is 1.23 bits per heavy atom. The van der Waals surface area contributed by atoms with Gasteiger partial charge in [-0.05, 0) is 39.3 Å². The molecule has 3 rings (SSSR count). The summed E-state index contributed by atoms with van der Waals surface area (Å²) in [5, 5.41) is 4.09. The van der Waals surface area contributed by atoms with Crippen LogP contribution in [-0.4, -0.2) is 47.6 Å². The number of ether oxygens (including phenoxy) is 2. The molecule has 0 aliphatic carbocycles. The molecule has 2 saturated heterocycles. The molecule has 1 aromatic heterocycles. The Morgan fingerprint density at radius 2 is 1.95 bits per heavy atom. The molecule has 0 bridgehead atoms. The number of hydrogen-bond acceptors (Lipinski definition) is 6. The Balaban J connectivity index is 1.50. The van der Waals surface area contributed by atoms with Crippen molar-refractivity contribution >= 4 is 0 Å². The molecular formula is C16H27N3O3. The molecule has 2 fully saturated rings. The summed E-state index contributed by atoms with van der Waals surface area (Å²) in [6.45, 7) is 7.86. The molecule has 0 saturated carbocycles. The van der Waals surface area contributed by atoms with Gasteiger partial charge < -0.3 is 14.0 Å². The molecule has 1 unspecified atom stereocenters. The third-order valence-corrected chi connectivity index (χ3v) is 4.75. The highest BCUT2D eigenvalue weighted by Crippen LogP contribution is 2.30. The van der Waals surface area contributed by atoms with Crippen molar-refractivity contribution in [3.8, 4) is 0 Å². The maximum atomic E-state index is 5.63. The van der Waals surface area contributed by atoms with Gasteiger partial charge in [-0.1, -0.05) is 18.5 Å². The van der Waals surface area contributed by atoms with E-state index in [1.165, 1.54) is 0 Å². The van der Waals surface area contributed by atoms with Crippen LogP contribution in [0.1, 0.15) is 57.3 Å². The zero-order valence-corrected chi connectivity index (χ0v) is 13.7. The van der Waals surface area contributed by atoms with Gasteiger partial charge in [0, 0.05) is 12.3 Å². The van der Waals surface area contributed by atoms with E-state index in [1.54, 1.807) is 0 Å². The lowest BCUT2D eigenvalue weighted by Crippen LogP contribution is -2.39. The van der Waals surface area contributed by atoms with Crippen LogP contribution in [0.3, 0.4) is 0 Å². The minimum absolute atomic E-state index is 0.0153. The zero-order chi connectivity index (χ0) is 15.4. The zero-order valence-electron chi connectivity index (χ0n) is 13.7. The van der Waals surface area contributed by atoms with Gasteiger partial charge >= 0.3 is 0 Å². The summed E-state index contributed by atoms with van der Waals surface area (Å²) in [5.41, 5.74) is 0.